The van der Waals surface area contributed by atoms with Gasteiger partial charge in [-0.2, -0.15) is 0 Å². The maximum Gasteiger partial charge on any atom is 0.308 e. The molecule has 1 aliphatic heterocycles. The molecule has 0 aromatic heterocycles. The molecule has 1 saturated heterocycles. The minimum Gasteiger partial charge on any atom is -0.481 e. The molecule has 6 heteroatoms. The second-order valence-electron chi connectivity index (χ2n) is 4.53. The van der Waals surface area contributed by atoms with Crippen molar-refractivity contribution in [1.82, 2.24) is 4.90 Å². The maximum absolute atomic E-state index is 13.7. The number of halogens is 2. The van der Waals surface area contributed by atoms with Gasteiger partial charge in [-0.3, -0.25) is 9.59 Å². The second kappa shape index (κ2) is 5.85. The molecule has 1 aromatic rings. The summed E-state index contributed by atoms with van der Waals surface area (Å²) in [4.78, 5) is 24.7. The largest absolute Gasteiger partial charge is 0.481 e. The van der Waals surface area contributed by atoms with Crippen LogP contribution < -0.4 is 0 Å². The predicted octanol–water partition coefficient (Wildman–Crippen LogP) is 2.37. The topological polar surface area (TPSA) is 57.6 Å². The van der Waals surface area contributed by atoms with Crippen molar-refractivity contribution in [3.63, 3.8) is 0 Å². The normalized spacial score (nSPS) is 19.3. The number of rotatable bonds is 2. The van der Waals surface area contributed by atoms with Gasteiger partial charge in [0.05, 0.1) is 11.5 Å². The second-order valence-corrected chi connectivity index (χ2v) is 5.69. The number of nitrogens with zero attached hydrogens (tertiary/aromatic N) is 1. The van der Waals surface area contributed by atoms with E-state index in [1.54, 1.807) is 12.1 Å². The molecule has 0 radical (unpaired) electrons. The van der Waals surface area contributed by atoms with E-state index >= 15 is 0 Å². The van der Waals surface area contributed by atoms with E-state index < -0.39 is 23.6 Å². The molecule has 1 atom stereocenters. The highest BCUT2D eigenvalue weighted by molar-refractivity contribution is 14.1. The van der Waals surface area contributed by atoms with Crippen molar-refractivity contribution >= 4 is 34.5 Å². The number of aliphatic carboxylic acids is 1. The zero-order valence-corrected chi connectivity index (χ0v) is 12.3. The van der Waals surface area contributed by atoms with E-state index in [1.807, 2.05) is 22.6 Å². The summed E-state index contributed by atoms with van der Waals surface area (Å²) < 4.78 is 14.3. The summed E-state index contributed by atoms with van der Waals surface area (Å²) in [7, 11) is 0. The molecule has 0 saturated carbocycles. The number of hydrogen-bond acceptors (Lipinski definition) is 2. The Morgan fingerprint density at radius 3 is 2.79 bits per heavy atom. The van der Waals surface area contributed by atoms with Crippen molar-refractivity contribution in [3.05, 3.63) is 33.1 Å². The molecule has 1 heterocycles. The molecule has 102 valence electrons. The van der Waals surface area contributed by atoms with Crippen LogP contribution in [0.5, 0.6) is 0 Å². The van der Waals surface area contributed by atoms with Crippen LogP contribution in [0.2, 0.25) is 0 Å². The number of carbonyl (C=O) groups is 2. The van der Waals surface area contributed by atoms with Crippen LogP contribution in [0.15, 0.2) is 18.2 Å². The highest BCUT2D eigenvalue weighted by atomic mass is 127. The lowest BCUT2D eigenvalue weighted by atomic mass is 9.97. The lowest BCUT2D eigenvalue weighted by molar-refractivity contribution is -0.143. The van der Waals surface area contributed by atoms with Gasteiger partial charge >= 0.3 is 5.97 Å². The van der Waals surface area contributed by atoms with Crippen molar-refractivity contribution in [2.75, 3.05) is 13.1 Å². The zero-order valence-electron chi connectivity index (χ0n) is 10.1. The van der Waals surface area contributed by atoms with E-state index in [1.165, 1.54) is 11.0 Å². The highest BCUT2D eigenvalue weighted by Crippen LogP contribution is 2.22. The van der Waals surface area contributed by atoms with Gasteiger partial charge in [0.2, 0.25) is 0 Å². The fourth-order valence-electron chi connectivity index (χ4n) is 2.22. The number of carboxylic acid groups (broad SMARTS) is 1. The molecule has 1 aromatic carbocycles. The molecule has 1 fully saturated rings. The fraction of sp³-hybridized carbons (Fsp3) is 0.385. The Morgan fingerprint density at radius 1 is 1.42 bits per heavy atom. The zero-order chi connectivity index (χ0) is 14.0. The third kappa shape index (κ3) is 3.05. The molecular weight excluding hydrogens is 364 g/mol. The number of piperidine rings is 1. The minimum absolute atomic E-state index is 0.0362. The van der Waals surface area contributed by atoms with Crippen LogP contribution in [0.4, 0.5) is 4.39 Å². The smallest absolute Gasteiger partial charge is 0.308 e. The van der Waals surface area contributed by atoms with Gasteiger partial charge in [0.1, 0.15) is 5.82 Å². The lowest BCUT2D eigenvalue weighted by Crippen LogP contribution is -2.42. The summed E-state index contributed by atoms with van der Waals surface area (Å²) in [6.45, 7) is 0.631. The van der Waals surface area contributed by atoms with Crippen molar-refractivity contribution in [3.8, 4) is 0 Å². The van der Waals surface area contributed by atoms with E-state index in [2.05, 4.69) is 0 Å². The third-order valence-corrected chi connectivity index (χ3v) is 4.13. The average Bonchev–Trinajstić information content (AvgIpc) is 2.38. The van der Waals surface area contributed by atoms with Crippen LogP contribution in [0.25, 0.3) is 0 Å². The Bertz CT molecular complexity index is 500. The number of amides is 1. The van der Waals surface area contributed by atoms with Gasteiger partial charge in [-0.15, -0.1) is 0 Å². The van der Waals surface area contributed by atoms with Crippen molar-refractivity contribution in [2.45, 2.75) is 12.8 Å². The quantitative estimate of drug-likeness (QED) is 0.806. The van der Waals surface area contributed by atoms with Crippen LogP contribution in [0, 0.1) is 15.3 Å². The molecule has 1 unspecified atom stereocenters. The standard InChI is InChI=1S/C13H13FINO3/c14-9-4-1-5-10(15)11(9)12(17)16-6-2-3-8(7-16)13(18)19/h1,4-5,8H,2-3,6-7H2,(H,18,19). The van der Waals surface area contributed by atoms with Crippen molar-refractivity contribution in [1.29, 1.82) is 0 Å². The Morgan fingerprint density at radius 2 is 2.16 bits per heavy atom. The average molecular weight is 377 g/mol. The van der Waals surface area contributed by atoms with Gasteiger partial charge in [-0.1, -0.05) is 6.07 Å². The van der Waals surface area contributed by atoms with E-state index in [-0.39, 0.29) is 12.1 Å². The SMILES string of the molecule is O=C(O)C1CCCN(C(=O)c2c(F)cccc2I)C1. The number of hydrogen-bond donors (Lipinski definition) is 1. The molecule has 2 rings (SSSR count). The molecule has 0 bridgehead atoms. The summed E-state index contributed by atoms with van der Waals surface area (Å²) in [6.07, 6.45) is 1.20. The van der Waals surface area contributed by atoms with E-state index in [0.29, 0.717) is 23.0 Å². The van der Waals surface area contributed by atoms with Crippen LogP contribution in [-0.4, -0.2) is 35.0 Å². The molecular formula is C13H13FINO3. The van der Waals surface area contributed by atoms with Crippen LogP contribution >= 0.6 is 22.6 Å². The van der Waals surface area contributed by atoms with Crippen molar-refractivity contribution in [2.24, 2.45) is 5.92 Å². The number of benzene rings is 1. The first kappa shape index (κ1) is 14.2. The van der Waals surface area contributed by atoms with E-state index in [4.69, 9.17) is 5.11 Å². The van der Waals surface area contributed by atoms with Gasteiger partial charge in [0.15, 0.2) is 0 Å². The third-order valence-electron chi connectivity index (χ3n) is 3.23. The lowest BCUT2D eigenvalue weighted by Gasteiger charge is -2.31. The molecule has 1 N–H and O–H groups in total. The van der Waals surface area contributed by atoms with Crippen molar-refractivity contribution < 1.29 is 19.1 Å². The maximum atomic E-state index is 13.7. The van der Waals surface area contributed by atoms with Gasteiger partial charge in [-0.25, -0.2) is 4.39 Å². The number of carboxylic acids is 1. The summed E-state index contributed by atoms with van der Waals surface area (Å²) >= 11 is 1.91. The summed E-state index contributed by atoms with van der Waals surface area (Å²) in [5.41, 5.74) is 0.0362. The molecule has 1 aliphatic rings. The molecule has 4 nitrogen and oxygen atoms in total. The van der Waals surface area contributed by atoms with Gasteiger partial charge in [0.25, 0.3) is 5.91 Å². The summed E-state index contributed by atoms with van der Waals surface area (Å²) in [5, 5.41) is 9.00. The van der Waals surface area contributed by atoms with E-state index in [0.717, 1.165) is 0 Å². The Balaban J connectivity index is 2.22. The van der Waals surface area contributed by atoms with Gasteiger partial charge in [-0.05, 0) is 47.6 Å². The Labute approximate surface area is 123 Å². The molecule has 0 spiro atoms. The minimum atomic E-state index is -0.902. The fourth-order valence-corrected chi connectivity index (χ4v) is 2.92. The highest BCUT2D eigenvalue weighted by Gasteiger charge is 2.30. The Hall–Kier alpha value is -1.18. The van der Waals surface area contributed by atoms with Gasteiger partial charge in [0, 0.05) is 16.7 Å². The molecule has 19 heavy (non-hydrogen) atoms. The molecule has 1 amide bonds. The first-order valence-electron chi connectivity index (χ1n) is 5.97. The van der Waals surface area contributed by atoms with Gasteiger partial charge < -0.3 is 10.0 Å². The van der Waals surface area contributed by atoms with E-state index in [9.17, 15) is 14.0 Å². The Kier molecular flexibility index (Phi) is 4.38. The number of carbonyl (C=O) groups excluding carboxylic acids is 1. The first-order valence-corrected chi connectivity index (χ1v) is 7.04. The van der Waals surface area contributed by atoms with Crippen LogP contribution in [0.3, 0.4) is 0 Å². The summed E-state index contributed by atoms with van der Waals surface area (Å²) in [6, 6.07) is 4.45. The predicted molar refractivity (Wildman–Crippen MR) is 75.4 cm³/mol. The summed E-state index contributed by atoms with van der Waals surface area (Å²) in [5.74, 6) is -2.44. The number of likely N-dealkylation sites (tertiary alicyclic amines) is 1. The van der Waals surface area contributed by atoms with Crippen LogP contribution in [0.1, 0.15) is 23.2 Å². The first-order chi connectivity index (χ1) is 9.00. The molecule has 0 aliphatic carbocycles. The monoisotopic (exact) mass is 377 g/mol. The van der Waals surface area contributed by atoms with Crippen LogP contribution in [-0.2, 0) is 4.79 Å².